The number of carbonyl (C=O) groups excluding carboxylic acids is 1. The zero-order valence-electron chi connectivity index (χ0n) is 26.0. The van der Waals surface area contributed by atoms with Gasteiger partial charge < -0.3 is 14.7 Å². The molecule has 7 heteroatoms. The number of fused-ring (bicyclic) bond motifs is 1. The first-order valence-corrected chi connectivity index (χ1v) is 16.9. The van der Waals surface area contributed by atoms with Crippen molar-refractivity contribution < 1.29 is 9.90 Å². The van der Waals surface area contributed by atoms with Crippen LogP contribution >= 0.6 is 35.1 Å². The summed E-state index contributed by atoms with van der Waals surface area (Å²) in [5.41, 5.74) is 5.47. The Morgan fingerprint density at radius 3 is 2.24 bits per heavy atom. The van der Waals surface area contributed by atoms with Crippen molar-refractivity contribution in [2.24, 2.45) is 0 Å². The Hall–Kier alpha value is -3.64. The van der Waals surface area contributed by atoms with Crippen LogP contribution in [0.4, 0.5) is 11.4 Å². The second-order valence-corrected chi connectivity index (χ2v) is 13.4. The molecule has 0 spiro atoms. The van der Waals surface area contributed by atoms with Gasteiger partial charge in [-0.1, -0.05) is 112 Å². The lowest BCUT2D eigenvalue weighted by atomic mass is 9.97. The summed E-state index contributed by atoms with van der Waals surface area (Å²) >= 11 is 14.5. The predicted molar refractivity (Wildman–Crippen MR) is 192 cm³/mol. The molecule has 0 saturated carbocycles. The molecular weight excluding hydrogens is 619 g/mol. The largest absolute Gasteiger partial charge is 0.506 e. The van der Waals surface area contributed by atoms with Crippen molar-refractivity contribution in [3.8, 4) is 5.75 Å². The summed E-state index contributed by atoms with van der Waals surface area (Å²) < 4.78 is 3.40. The monoisotopic (exact) mass is 656 g/mol. The van der Waals surface area contributed by atoms with Crippen LogP contribution in [0.1, 0.15) is 79.4 Å². The Kier molecular flexibility index (Phi) is 10.7. The van der Waals surface area contributed by atoms with Crippen molar-refractivity contribution in [2.75, 3.05) is 9.62 Å². The van der Waals surface area contributed by atoms with Crippen molar-refractivity contribution in [2.45, 2.75) is 63.8 Å². The van der Waals surface area contributed by atoms with E-state index in [1.54, 1.807) is 17.0 Å². The highest BCUT2D eigenvalue weighted by atomic mass is 35.5. The Morgan fingerprint density at radius 1 is 0.867 bits per heavy atom. The molecule has 0 heterocycles. The van der Waals surface area contributed by atoms with Crippen LogP contribution < -0.4 is 9.62 Å². The quantitative estimate of drug-likeness (QED) is 0.139. The van der Waals surface area contributed by atoms with Gasteiger partial charge in [0.1, 0.15) is 5.75 Å². The van der Waals surface area contributed by atoms with Crippen LogP contribution in [0.15, 0.2) is 102 Å². The third-order valence-corrected chi connectivity index (χ3v) is 9.54. The van der Waals surface area contributed by atoms with E-state index in [0.717, 1.165) is 16.1 Å². The molecule has 4 nitrogen and oxygen atoms in total. The average molecular weight is 658 g/mol. The highest BCUT2D eigenvalue weighted by molar-refractivity contribution is 8.00. The number of amides is 1. The maximum absolute atomic E-state index is 14.4. The fraction of sp³-hybridized carbons (Fsp3) is 0.237. The second-order valence-electron chi connectivity index (χ2n) is 11.7. The first-order valence-electron chi connectivity index (χ1n) is 15.3. The molecule has 2 N–H and O–H groups in total. The van der Waals surface area contributed by atoms with Gasteiger partial charge in [-0.2, -0.15) is 0 Å². The number of benzene rings is 5. The van der Waals surface area contributed by atoms with Crippen LogP contribution in [0.2, 0.25) is 10.0 Å². The Bertz CT molecular complexity index is 1790. The number of hydrogen-bond acceptors (Lipinski definition) is 4. The third-order valence-electron chi connectivity index (χ3n) is 8.11. The van der Waals surface area contributed by atoms with E-state index in [1.165, 1.54) is 42.0 Å². The summed E-state index contributed by atoms with van der Waals surface area (Å²) in [7, 11) is 0. The van der Waals surface area contributed by atoms with Crippen LogP contribution in [-0.4, -0.2) is 11.0 Å². The molecule has 232 valence electrons. The van der Waals surface area contributed by atoms with Crippen molar-refractivity contribution in [1.29, 1.82) is 0 Å². The maximum atomic E-state index is 14.4. The molecule has 1 atom stereocenters. The van der Waals surface area contributed by atoms with Gasteiger partial charge in [0.25, 0.3) is 5.91 Å². The van der Waals surface area contributed by atoms with E-state index in [4.69, 9.17) is 23.2 Å². The molecule has 5 aromatic carbocycles. The number of carbonyl (C=O) groups is 1. The van der Waals surface area contributed by atoms with Crippen molar-refractivity contribution in [3.63, 3.8) is 0 Å². The van der Waals surface area contributed by atoms with Crippen molar-refractivity contribution in [3.05, 3.63) is 129 Å². The van der Waals surface area contributed by atoms with Crippen molar-refractivity contribution in [1.82, 2.24) is 0 Å². The first kappa shape index (κ1) is 32.7. The molecule has 0 bridgehead atoms. The first-order chi connectivity index (χ1) is 21.7. The zero-order chi connectivity index (χ0) is 32.1. The molecule has 0 fully saturated rings. The van der Waals surface area contributed by atoms with Crippen LogP contribution in [0.25, 0.3) is 10.8 Å². The van der Waals surface area contributed by atoms with Gasteiger partial charge in [-0.05, 0) is 89.4 Å². The molecular formula is C38H38Cl2N2O2S. The van der Waals surface area contributed by atoms with E-state index in [0.29, 0.717) is 45.4 Å². The molecule has 45 heavy (non-hydrogen) atoms. The number of aromatic hydroxyl groups is 1. The van der Waals surface area contributed by atoms with E-state index >= 15 is 0 Å². The van der Waals surface area contributed by atoms with Gasteiger partial charge in [-0.3, -0.25) is 4.79 Å². The van der Waals surface area contributed by atoms with Crippen LogP contribution in [0.5, 0.6) is 5.75 Å². The number of phenols is 1. The van der Waals surface area contributed by atoms with E-state index in [9.17, 15) is 9.90 Å². The summed E-state index contributed by atoms with van der Waals surface area (Å²) in [6.45, 7) is 9.10. The van der Waals surface area contributed by atoms with Crippen LogP contribution in [0, 0.1) is 0 Å². The zero-order valence-corrected chi connectivity index (χ0v) is 28.3. The minimum Gasteiger partial charge on any atom is -0.506 e. The van der Waals surface area contributed by atoms with Crippen molar-refractivity contribution >= 4 is 63.2 Å². The molecule has 0 aliphatic carbocycles. The Balaban J connectivity index is 1.46. The third kappa shape index (κ3) is 7.61. The normalized spacial score (nSPS) is 12.0. The van der Waals surface area contributed by atoms with Gasteiger partial charge in [-0.15, -0.1) is 0 Å². The average Bonchev–Trinajstić information content (AvgIpc) is 3.05. The molecule has 0 aromatic heterocycles. The summed E-state index contributed by atoms with van der Waals surface area (Å²) in [5, 5.41) is 12.3. The van der Waals surface area contributed by atoms with Gasteiger partial charge >= 0.3 is 0 Å². The highest BCUT2D eigenvalue weighted by Gasteiger charge is 2.23. The molecule has 1 unspecified atom stereocenters. The number of halogens is 2. The minimum atomic E-state index is -0.191. The lowest BCUT2D eigenvalue weighted by Gasteiger charge is -2.26. The number of nitrogens with one attached hydrogen (secondary N) is 1. The Morgan fingerprint density at radius 2 is 1.56 bits per heavy atom. The number of hydrogen-bond donors (Lipinski definition) is 2. The van der Waals surface area contributed by atoms with Gasteiger partial charge in [0.15, 0.2) is 0 Å². The number of rotatable bonds is 11. The summed E-state index contributed by atoms with van der Waals surface area (Å²) in [6.07, 6.45) is 2.34. The topological polar surface area (TPSA) is 52.6 Å². The van der Waals surface area contributed by atoms with Crippen LogP contribution in [-0.2, 0) is 6.54 Å². The predicted octanol–water partition coefficient (Wildman–Crippen LogP) is 11.8. The maximum Gasteiger partial charge on any atom is 0.258 e. The molecule has 5 rings (SSSR count). The summed E-state index contributed by atoms with van der Waals surface area (Å²) in [5.74, 6) is 0.682. The number of anilines is 2. The van der Waals surface area contributed by atoms with E-state index < -0.39 is 0 Å². The lowest BCUT2D eigenvalue weighted by molar-refractivity contribution is 0.0985. The lowest BCUT2D eigenvalue weighted by Crippen LogP contribution is -2.30. The highest BCUT2D eigenvalue weighted by Crippen LogP contribution is 2.42. The molecule has 0 aliphatic rings. The number of nitrogens with zero attached hydrogens (tertiary/aromatic N) is 1. The standard InChI is InChI=1S/C38H38Cl2N2O2S/c1-5-8-25(4)28-17-19-31(20-18-28)45-41-30-10-6-9-29(21-30)38(44)42(23-26-13-15-27(16-14-26)24(2)3)35-12-7-11-32-36(35)33(39)22-34(40)37(32)43/h6-7,9-22,24-25,41,43H,5,8,23H2,1-4H3. The van der Waals surface area contributed by atoms with Gasteiger partial charge in [0, 0.05) is 26.9 Å². The Labute approximate surface area is 280 Å². The minimum absolute atomic E-state index is 0.0670. The smallest absolute Gasteiger partial charge is 0.258 e. The van der Waals surface area contributed by atoms with Gasteiger partial charge in [0.2, 0.25) is 0 Å². The SMILES string of the molecule is CCCC(C)c1ccc(SNc2cccc(C(=O)N(Cc3ccc(C(C)C)cc3)c3cccc4c(O)c(Cl)cc(Cl)c34)c2)cc1. The molecule has 5 aromatic rings. The summed E-state index contributed by atoms with van der Waals surface area (Å²) in [4.78, 5) is 17.2. The molecule has 1 amide bonds. The second kappa shape index (κ2) is 14.6. The van der Waals surface area contributed by atoms with Gasteiger partial charge in [-0.25, -0.2) is 0 Å². The van der Waals surface area contributed by atoms with Gasteiger partial charge in [0.05, 0.1) is 22.3 Å². The number of phenolic OH excluding ortho intramolecular Hbond substituents is 1. The van der Waals surface area contributed by atoms with E-state index in [-0.39, 0.29) is 16.7 Å². The van der Waals surface area contributed by atoms with E-state index in [2.05, 4.69) is 80.9 Å². The molecule has 0 aliphatic heterocycles. The molecule has 0 saturated heterocycles. The fourth-order valence-corrected chi connectivity index (χ4v) is 6.71. The van der Waals surface area contributed by atoms with Crippen LogP contribution in [0.3, 0.4) is 0 Å². The molecule has 0 radical (unpaired) electrons. The fourth-order valence-electron chi connectivity index (χ4n) is 5.50. The van der Waals surface area contributed by atoms with E-state index in [1.807, 2.05) is 30.3 Å². The summed E-state index contributed by atoms with van der Waals surface area (Å²) in [6, 6.07) is 31.4.